The molecule has 0 aliphatic carbocycles. The van der Waals surface area contributed by atoms with Crippen LogP contribution in [0.5, 0.6) is 0 Å². The lowest BCUT2D eigenvalue weighted by molar-refractivity contribution is -0.385. The highest BCUT2D eigenvalue weighted by atomic mass is 16.6. The van der Waals surface area contributed by atoms with Crippen LogP contribution < -0.4 is 5.43 Å². The normalized spacial score (nSPS) is 12.3. The van der Waals surface area contributed by atoms with Crippen LogP contribution in [-0.2, 0) is 6.54 Å². The number of aliphatic hydroxyl groups excluding tert-OH is 1. The zero-order chi connectivity index (χ0) is 14.7. The summed E-state index contributed by atoms with van der Waals surface area (Å²) in [5, 5.41) is 24.3. The van der Waals surface area contributed by atoms with Crippen molar-refractivity contribution >= 4 is 5.69 Å². The maximum Gasteiger partial charge on any atom is 0.306 e. The Morgan fingerprint density at radius 2 is 2.10 bits per heavy atom. The van der Waals surface area contributed by atoms with Crippen LogP contribution in [0.3, 0.4) is 0 Å². The molecule has 108 valence electrons. The van der Waals surface area contributed by atoms with Crippen LogP contribution in [0.15, 0.2) is 24.5 Å². The molecule has 2 aromatic rings. The van der Waals surface area contributed by atoms with Crippen LogP contribution in [0, 0.1) is 24.0 Å². The van der Waals surface area contributed by atoms with Crippen molar-refractivity contribution in [2.24, 2.45) is 0 Å². The Labute approximate surface area is 115 Å². The van der Waals surface area contributed by atoms with E-state index < -0.39 is 11.0 Å². The molecule has 0 fully saturated rings. The van der Waals surface area contributed by atoms with Crippen molar-refractivity contribution in [3.8, 4) is 0 Å². The first-order valence-corrected chi connectivity index (χ1v) is 6.21. The van der Waals surface area contributed by atoms with Gasteiger partial charge in [-0.2, -0.15) is 5.10 Å². The molecule has 8 nitrogen and oxygen atoms in total. The maximum atomic E-state index is 10.5. The molecule has 0 bridgehead atoms. The van der Waals surface area contributed by atoms with E-state index in [9.17, 15) is 15.2 Å². The number of nitro groups is 1. The highest BCUT2D eigenvalue weighted by molar-refractivity contribution is 5.20. The van der Waals surface area contributed by atoms with Gasteiger partial charge in [0, 0.05) is 11.4 Å². The van der Waals surface area contributed by atoms with Crippen molar-refractivity contribution in [2.75, 3.05) is 12.0 Å². The van der Waals surface area contributed by atoms with Crippen molar-refractivity contribution in [3.05, 3.63) is 46.0 Å². The van der Waals surface area contributed by atoms with Gasteiger partial charge in [-0.1, -0.05) is 0 Å². The Bertz CT molecular complexity index is 585. The molecule has 2 rings (SSSR count). The topological polar surface area (TPSA) is 98.1 Å². The third kappa shape index (κ3) is 3.15. The predicted octanol–water partition coefficient (Wildman–Crippen LogP) is 0.814. The second kappa shape index (κ2) is 5.74. The molecule has 2 N–H and O–H groups in total. The predicted molar refractivity (Wildman–Crippen MR) is 73.0 cm³/mol. The van der Waals surface area contributed by atoms with Gasteiger partial charge in [0.25, 0.3) is 0 Å². The summed E-state index contributed by atoms with van der Waals surface area (Å²) in [4.78, 5) is 10.0. The van der Waals surface area contributed by atoms with E-state index in [0.717, 1.165) is 11.4 Å². The van der Waals surface area contributed by atoms with Crippen molar-refractivity contribution in [1.82, 2.24) is 14.5 Å². The molecule has 20 heavy (non-hydrogen) atoms. The quantitative estimate of drug-likeness (QED) is 0.602. The fourth-order valence-electron chi connectivity index (χ4n) is 1.94. The fraction of sp³-hybridized carbons (Fsp3) is 0.417. The summed E-state index contributed by atoms with van der Waals surface area (Å²) in [6.07, 6.45) is 1.77. The van der Waals surface area contributed by atoms with Gasteiger partial charge in [-0.25, -0.2) is 0 Å². The first kappa shape index (κ1) is 14.1. The molecule has 0 aliphatic heterocycles. The number of aliphatic hydroxyl groups is 1. The molecule has 2 heterocycles. The number of aromatic nitrogens is 3. The molecule has 1 atom stereocenters. The van der Waals surface area contributed by atoms with Crippen molar-refractivity contribution < 1.29 is 10.0 Å². The lowest BCUT2D eigenvalue weighted by Gasteiger charge is -2.16. The van der Waals surface area contributed by atoms with Gasteiger partial charge < -0.3 is 10.5 Å². The third-order valence-electron chi connectivity index (χ3n) is 2.98. The second-order valence-electron chi connectivity index (χ2n) is 4.65. The van der Waals surface area contributed by atoms with Gasteiger partial charge in [0.1, 0.15) is 12.4 Å². The Kier molecular flexibility index (Phi) is 4.04. The molecule has 0 aliphatic rings. The molecule has 2 aromatic heterocycles. The monoisotopic (exact) mass is 279 g/mol. The van der Waals surface area contributed by atoms with Gasteiger partial charge in [0.15, 0.2) is 0 Å². The van der Waals surface area contributed by atoms with E-state index in [1.54, 1.807) is 0 Å². The van der Waals surface area contributed by atoms with Crippen molar-refractivity contribution in [3.63, 3.8) is 0 Å². The lowest BCUT2D eigenvalue weighted by atomic mass is 10.3. The van der Waals surface area contributed by atoms with Crippen molar-refractivity contribution in [1.29, 1.82) is 0 Å². The molecule has 0 saturated heterocycles. The largest absolute Gasteiger partial charge is 0.389 e. The molecule has 1 unspecified atom stereocenters. The fourth-order valence-corrected chi connectivity index (χ4v) is 1.94. The Balaban J connectivity index is 1.89. The van der Waals surface area contributed by atoms with Crippen LogP contribution in [0.4, 0.5) is 5.69 Å². The van der Waals surface area contributed by atoms with Gasteiger partial charge in [0.05, 0.1) is 24.1 Å². The standard InChI is InChI=1S/C12H17N5O3/c1-9-3-4-10(2)16(9)14-6-12(18)8-15-7-11(5-13-15)17(19)20/h3-5,7,12,14,18H,6,8H2,1-2H3. The summed E-state index contributed by atoms with van der Waals surface area (Å²) in [6, 6.07) is 3.96. The molecule has 0 spiro atoms. The van der Waals surface area contributed by atoms with Crippen LogP contribution in [0.2, 0.25) is 0 Å². The smallest absolute Gasteiger partial charge is 0.306 e. The molecule has 0 amide bonds. The first-order chi connectivity index (χ1) is 9.47. The van der Waals surface area contributed by atoms with Crippen LogP contribution in [-0.4, -0.2) is 37.1 Å². The van der Waals surface area contributed by atoms with Crippen molar-refractivity contribution in [2.45, 2.75) is 26.5 Å². The Hall–Kier alpha value is -2.35. The summed E-state index contributed by atoms with van der Waals surface area (Å²) >= 11 is 0. The summed E-state index contributed by atoms with van der Waals surface area (Å²) in [6.45, 7) is 4.44. The molecule has 0 aromatic carbocycles. The van der Waals surface area contributed by atoms with E-state index in [4.69, 9.17) is 0 Å². The molecule has 0 saturated carbocycles. The van der Waals surface area contributed by atoms with E-state index in [1.165, 1.54) is 17.1 Å². The van der Waals surface area contributed by atoms with Gasteiger partial charge in [-0.15, -0.1) is 0 Å². The number of aryl methyl sites for hydroxylation is 2. The first-order valence-electron chi connectivity index (χ1n) is 6.21. The molecular formula is C12H17N5O3. The summed E-state index contributed by atoms with van der Waals surface area (Å²) in [5.74, 6) is 0. The van der Waals surface area contributed by atoms with Crippen LogP contribution >= 0.6 is 0 Å². The summed E-state index contributed by atoms with van der Waals surface area (Å²) < 4.78 is 3.24. The van der Waals surface area contributed by atoms with Crippen LogP contribution in [0.1, 0.15) is 11.4 Å². The van der Waals surface area contributed by atoms with E-state index in [-0.39, 0.29) is 12.2 Å². The number of hydrogen-bond acceptors (Lipinski definition) is 5. The molecule has 8 heteroatoms. The van der Waals surface area contributed by atoms with Gasteiger partial charge in [-0.3, -0.25) is 19.5 Å². The number of rotatable bonds is 6. The zero-order valence-electron chi connectivity index (χ0n) is 11.4. The van der Waals surface area contributed by atoms with Gasteiger partial charge >= 0.3 is 5.69 Å². The second-order valence-corrected chi connectivity index (χ2v) is 4.65. The Morgan fingerprint density at radius 3 is 2.65 bits per heavy atom. The number of nitrogens with zero attached hydrogens (tertiary/aromatic N) is 4. The average molecular weight is 279 g/mol. The van der Waals surface area contributed by atoms with E-state index >= 15 is 0 Å². The molecular weight excluding hydrogens is 262 g/mol. The molecule has 0 radical (unpaired) electrons. The maximum absolute atomic E-state index is 10.5. The number of hydrogen-bond donors (Lipinski definition) is 2. The zero-order valence-corrected chi connectivity index (χ0v) is 11.4. The van der Waals surface area contributed by atoms with E-state index in [1.807, 2.05) is 30.7 Å². The minimum Gasteiger partial charge on any atom is -0.389 e. The van der Waals surface area contributed by atoms with Gasteiger partial charge in [-0.05, 0) is 26.0 Å². The van der Waals surface area contributed by atoms with E-state index in [2.05, 4.69) is 10.5 Å². The lowest BCUT2D eigenvalue weighted by Crippen LogP contribution is -2.30. The third-order valence-corrected chi connectivity index (χ3v) is 2.98. The highest BCUT2D eigenvalue weighted by Crippen LogP contribution is 2.08. The minimum atomic E-state index is -0.698. The van der Waals surface area contributed by atoms with E-state index in [0.29, 0.717) is 6.54 Å². The Morgan fingerprint density at radius 1 is 1.45 bits per heavy atom. The average Bonchev–Trinajstić information content (AvgIpc) is 2.96. The summed E-state index contributed by atoms with van der Waals surface area (Å²) in [7, 11) is 0. The summed E-state index contributed by atoms with van der Waals surface area (Å²) in [5.41, 5.74) is 5.11. The SMILES string of the molecule is Cc1ccc(C)n1NCC(O)Cn1cc([N+](=O)[O-])cn1. The van der Waals surface area contributed by atoms with Crippen LogP contribution in [0.25, 0.3) is 0 Å². The minimum absolute atomic E-state index is 0.0812. The highest BCUT2D eigenvalue weighted by Gasteiger charge is 2.12. The number of nitrogens with one attached hydrogen (secondary N) is 1. The van der Waals surface area contributed by atoms with Gasteiger partial charge in [0.2, 0.25) is 0 Å².